The van der Waals surface area contributed by atoms with Crippen LogP contribution in [0, 0.1) is 15.5 Å². The van der Waals surface area contributed by atoms with Crippen LogP contribution < -0.4 is 10.6 Å². The van der Waals surface area contributed by atoms with Crippen LogP contribution in [-0.2, 0) is 0 Å². The van der Waals surface area contributed by atoms with Gasteiger partial charge in [-0.15, -0.1) is 0 Å². The Morgan fingerprint density at radius 2 is 2.47 bits per heavy atom. The van der Waals surface area contributed by atoms with Crippen molar-refractivity contribution < 1.29 is 9.72 Å². The fraction of sp³-hybridized carbons (Fsp3) is 0.583. The Labute approximate surface area is 115 Å². The fourth-order valence-corrected chi connectivity index (χ4v) is 2.91. The molecule has 1 saturated heterocycles. The molecule has 0 aromatic carbocycles. The van der Waals surface area contributed by atoms with E-state index in [9.17, 15) is 14.9 Å². The second-order valence-corrected chi connectivity index (χ2v) is 6.09. The predicted octanol–water partition coefficient (Wildman–Crippen LogP) is 1.78. The zero-order valence-corrected chi connectivity index (χ0v) is 11.6. The number of thiophene rings is 1. The van der Waals surface area contributed by atoms with Crippen LogP contribution in [0.1, 0.15) is 30.1 Å². The molecule has 0 radical (unpaired) electrons. The zero-order valence-electron chi connectivity index (χ0n) is 10.8. The molecule has 1 aromatic rings. The number of hydrogen-bond donors (Lipinski definition) is 2. The number of hydrogen-bond acceptors (Lipinski definition) is 5. The summed E-state index contributed by atoms with van der Waals surface area (Å²) in [4.78, 5) is 22.0. The van der Waals surface area contributed by atoms with Gasteiger partial charge < -0.3 is 10.6 Å². The Morgan fingerprint density at radius 3 is 3.05 bits per heavy atom. The summed E-state index contributed by atoms with van der Waals surface area (Å²) in [6.07, 6.45) is 2.18. The molecule has 6 nitrogen and oxygen atoms in total. The summed E-state index contributed by atoms with van der Waals surface area (Å²) in [5.74, 6) is -0.240. The highest BCUT2D eigenvalue weighted by atomic mass is 32.1. The highest BCUT2D eigenvalue weighted by Gasteiger charge is 2.27. The number of nitro groups is 1. The Kier molecular flexibility index (Phi) is 4.16. The van der Waals surface area contributed by atoms with E-state index in [1.807, 2.05) is 0 Å². The third-order valence-electron chi connectivity index (χ3n) is 3.39. The molecule has 1 aliphatic heterocycles. The molecular weight excluding hydrogens is 266 g/mol. The van der Waals surface area contributed by atoms with E-state index >= 15 is 0 Å². The molecule has 1 fully saturated rings. The summed E-state index contributed by atoms with van der Waals surface area (Å²) >= 11 is 0.974. The molecule has 7 heteroatoms. The molecular formula is C12H17N3O3S. The van der Waals surface area contributed by atoms with Crippen molar-refractivity contribution in [2.45, 2.75) is 19.8 Å². The lowest BCUT2D eigenvalue weighted by atomic mass is 9.83. The number of nitrogens with one attached hydrogen (secondary N) is 2. The number of amides is 1. The molecule has 0 aliphatic carbocycles. The lowest BCUT2D eigenvalue weighted by Crippen LogP contribution is -2.45. The molecule has 1 amide bonds. The minimum Gasteiger partial charge on any atom is -0.351 e. The molecule has 1 aromatic heterocycles. The van der Waals surface area contributed by atoms with Crippen LogP contribution in [0.5, 0.6) is 0 Å². The van der Waals surface area contributed by atoms with Crippen molar-refractivity contribution in [2.75, 3.05) is 19.6 Å². The summed E-state index contributed by atoms with van der Waals surface area (Å²) in [6.45, 7) is 4.63. The topological polar surface area (TPSA) is 84.3 Å². The average Bonchev–Trinajstić information content (AvgIpc) is 2.87. The summed E-state index contributed by atoms with van der Waals surface area (Å²) in [7, 11) is 0. The van der Waals surface area contributed by atoms with Gasteiger partial charge in [0, 0.05) is 24.5 Å². The molecule has 104 valence electrons. The minimum atomic E-state index is -0.478. The first-order valence-electron chi connectivity index (χ1n) is 6.22. The summed E-state index contributed by atoms with van der Waals surface area (Å²) < 4.78 is 0. The van der Waals surface area contributed by atoms with Gasteiger partial charge in [-0.2, -0.15) is 0 Å². The smallest absolute Gasteiger partial charge is 0.324 e. The molecule has 19 heavy (non-hydrogen) atoms. The molecule has 0 saturated carbocycles. The SMILES string of the molecule is CC1(CNC(=O)c2csc([N+](=O)[O-])c2)CCCNC1. The van der Waals surface area contributed by atoms with Crippen molar-refractivity contribution in [3.63, 3.8) is 0 Å². The maximum Gasteiger partial charge on any atom is 0.324 e. The number of nitrogens with zero attached hydrogens (tertiary/aromatic N) is 1. The minimum absolute atomic E-state index is 0.00399. The first-order valence-corrected chi connectivity index (χ1v) is 7.10. The van der Waals surface area contributed by atoms with Crippen LogP contribution in [0.4, 0.5) is 5.00 Å². The van der Waals surface area contributed by atoms with Crippen LogP contribution in [0.15, 0.2) is 11.4 Å². The highest BCUT2D eigenvalue weighted by molar-refractivity contribution is 7.13. The van der Waals surface area contributed by atoms with Crippen molar-refractivity contribution >= 4 is 22.2 Å². The zero-order chi connectivity index (χ0) is 13.9. The highest BCUT2D eigenvalue weighted by Crippen LogP contribution is 2.25. The molecule has 0 spiro atoms. The largest absolute Gasteiger partial charge is 0.351 e. The van der Waals surface area contributed by atoms with Crippen LogP contribution in [0.2, 0.25) is 0 Å². The van der Waals surface area contributed by atoms with Gasteiger partial charge in [0.15, 0.2) is 0 Å². The maximum absolute atomic E-state index is 11.9. The van der Waals surface area contributed by atoms with E-state index < -0.39 is 4.92 Å². The van der Waals surface area contributed by atoms with E-state index in [0.29, 0.717) is 12.1 Å². The van der Waals surface area contributed by atoms with Gasteiger partial charge >= 0.3 is 5.00 Å². The van der Waals surface area contributed by atoms with Crippen molar-refractivity contribution in [1.82, 2.24) is 10.6 Å². The second kappa shape index (κ2) is 5.66. The van der Waals surface area contributed by atoms with Crippen molar-refractivity contribution in [1.29, 1.82) is 0 Å². The molecule has 2 heterocycles. The lowest BCUT2D eigenvalue weighted by Gasteiger charge is -2.34. The summed E-state index contributed by atoms with van der Waals surface area (Å²) in [6, 6.07) is 1.32. The molecule has 2 N–H and O–H groups in total. The van der Waals surface area contributed by atoms with Crippen LogP contribution in [-0.4, -0.2) is 30.5 Å². The van der Waals surface area contributed by atoms with Gasteiger partial charge in [-0.3, -0.25) is 14.9 Å². The average molecular weight is 283 g/mol. The van der Waals surface area contributed by atoms with Crippen LogP contribution in [0.25, 0.3) is 0 Å². The van der Waals surface area contributed by atoms with E-state index in [4.69, 9.17) is 0 Å². The standard InChI is InChI=1S/C12H17N3O3S/c1-12(3-2-4-13-7-12)8-14-11(16)9-5-10(15(17)18)19-6-9/h5-6,13H,2-4,7-8H2,1H3,(H,14,16). The second-order valence-electron chi connectivity index (χ2n) is 5.20. The first kappa shape index (κ1) is 14.0. The quantitative estimate of drug-likeness (QED) is 0.651. The van der Waals surface area contributed by atoms with Crippen molar-refractivity contribution in [3.05, 3.63) is 27.1 Å². The maximum atomic E-state index is 11.9. The molecule has 1 unspecified atom stereocenters. The van der Waals surface area contributed by atoms with Crippen LogP contribution >= 0.6 is 11.3 Å². The van der Waals surface area contributed by atoms with Gasteiger partial charge in [0.05, 0.1) is 10.5 Å². The molecule has 0 bridgehead atoms. The Hall–Kier alpha value is -1.47. The Bertz CT molecular complexity index is 480. The number of carbonyl (C=O) groups is 1. The fourth-order valence-electron chi connectivity index (χ4n) is 2.21. The Morgan fingerprint density at radius 1 is 1.68 bits per heavy atom. The van der Waals surface area contributed by atoms with Gasteiger partial charge in [-0.05, 0) is 24.8 Å². The molecule has 1 aliphatic rings. The third-order valence-corrected chi connectivity index (χ3v) is 4.27. The molecule has 1 atom stereocenters. The monoisotopic (exact) mass is 283 g/mol. The van der Waals surface area contributed by atoms with E-state index in [-0.39, 0.29) is 16.3 Å². The van der Waals surface area contributed by atoms with Crippen molar-refractivity contribution in [3.8, 4) is 0 Å². The van der Waals surface area contributed by atoms with E-state index in [1.54, 1.807) is 0 Å². The van der Waals surface area contributed by atoms with E-state index in [2.05, 4.69) is 17.6 Å². The van der Waals surface area contributed by atoms with E-state index in [0.717, 1.165) is 37.3 Å². The van der Waals surface area contributed by atoms with Crippen molar-refractivity contribution in [2.24, 2.45) is 5.41 Å². The van der Waals surface area contributed by atoms with Gasteiger partial charge in [0.2, 0.25) is 0 Å². The summed E-state index contributed by atoms with van der Waals surface area (Å²) in [5.41, 5.74) is 0.430. The molecule has 2 rings (SSSR count). The van der Waals surface area contributed by atoms with Gasteiger partial charge in [0.1, 0.15) is 0 Å². The predicted molar refractivity (Wildman–Crippen MR) is 73.5 cm³/mol. The first-order chi connectivity index (χ1) is 9.00. The lowest BCUT2D eigenvalue weighted by molar-refractivity contribution is -0.380. The van der Waals surface area contributed by atoms with Gasteiger partial charge in [-0.1, -0.05) is 18.3 Å². The summed E-state index contributed by atoms with van der Waals surface area (Å²) in [5, 5.41) is 18.3. The number of carbonyl (C=O) groups excluding carboxylic acids is 1. The number of piperidine rings is 1. The van der Waals surface area contributed by atoms with Gasteiger partial charge in [-0.25, -0.2) is 0 Å². The third kappa shape index (κ3) is 3.51. The van der Waals surface area contributed by atoms with Crippen LogP contribution in [0.3, 0.4) is 0 Å². The number of rotatable bonds is 4. The normalized spacial score (nSPS) is 23.0. The Balaban J connectivity index is 1.91. The van der Waals surface area contributed by atoms with E-state index in [1.165, 1.54) is 11.4 Å². The van der Waals surface area contributed by atoms with Gasteiger partial charge in [0.25, 0.3) is 5.91 Å².